The van der Waals surface area contributed by atoms with E-state index in [1.807, 2.05) is 27.7 Å². The highest BCUT2D eigenvalue weighted by Crippen LogP contribution is 2.13. The smallest absolute Gasteiger partial charge is 0.407 e. The lowest BCUT2D eigenvalue weighted by Gasteiger charge is -2.28. The van der Waals surface area contributed by atoms with Crippen molar-refractivity contribution in [2.45, 2.75) is 58.3 Å². The number of carbonyl (C=O) groups excluding carboxylic acids is 1. The maximum atomic E-state index is 11.4. The zero-order valence-corrected chi connectivity index (χ0v) is 10.0. The Balaban J connectivity index is 2.27. The van der Waals surface area contributed by atoms with Crippen LogP contribution in [0.2, 0.25) is 0 Å². The maximum absolute atomic E-state index is 11.4. The van der Waals surface area contributed by atoms with Crippen LogP contribution in [-0.2, 0) is 9.47 Å². The van der Waals surface area contributed by atoms with Crippen LogP contribution in [0.4, 0.5) is 4.79 Å². The van der Waals surface area contributed by atoms with Crippen molar-refractivity contribution < 1.29 is 14.3 Å². The topological polar surface area (TPSA) is 47.6 Å². The van der Waals surface area contributed by atoms with Gasteiger partial charge in [-0.25, -0.2) is 4.79 Å². The molecule has 0 bridgehead atoms. The second-order valence-electron chi connectivity index (χ2n) is 5.06. The molecule has 0 spiro atoms. The number of hydrogen-bond donors (Lipinski definition) is 1. The molecule has 88 valence electrons. The lowest BCUT2D eigenvalue weighted by molar-refractivity contribution is 0.00120. The number of alkyl carbamates (subject to hydrolysis) is 1. The Morgan fingerprint density at radius 2 is 2.07 bits per heavy atom. The fourth-order valence-electron chi connectivity index (χ4n) is 1.47. The third-order valence-electron chi connectivity index (χ3n) is 2.22. The van der Waals surface area contributed by atoms with Crippen molar-refractivity contribution in [3.8, 4) is 0 Å². The first kappa shape index (κ1) is 12.3. The lowest BCUT2D eigenvalue weighted by Crippen LogP contribution is -2.44. The van der Waals surface area contributed by atoms with Crippen molar-refractivity contribution in [2.75, 3.05) is 6.61 Å². The molecule has 0 radical (unpaired) electrons. The van der Waals surface area contributed by atoms with Gasteiger partial charge in [0, 0.05) is 0 Å². The minimum atomic E-state index is -0.438. The Labute approximate surface area is 91.3 Å². The molecular weight excluding hydrogens is 194 g/mol. The minimum Gasteiger partial charge on any atom is -0.444 e. The lowest BCUT2D eigenvalue weighted by atomic mass is 10.1. The Morgan fingerprint density at radius 3 is 2.53 bits per heavy atom. The van der Waals surface area contributed by atoms with Crippen LogP contribution in [0.25, 0.3) is 0 Å². The number of rotatable bonds is 1. The first-order valence-electron chi connectivity index (χ1n) is 5.48. The van der Waals surface area contributed by atoms with Crippen molar-refractivity contribution in [1.29, 1.82) is 0 Å². The van der Waals surface area contributed by atoms with Gasteiger partial charge < -0.3 is 14.8 Å². The highest BCUT2D eigenvalue weighted by Gasteiger charge is 2.23. The predicted molar refractivity (Wildman–Crippen MR) is 57.8 cm³/mol. The van der Waals surface area contributed by atoms with Crippen molar-refractivity contribution in [2.24, 2.45) is 0 Å². The van der Waals surface area contributed by atoms with Gasteiger partial charge in [-0.15, -0.1) is 0 Å². The number of hydrogen-bond acceptors (Lipinski definition) is 3. The quantitative estimate of drug-likeness (QED) is 0.728. The molecule has 1 fully saturated rings. The van der Waals surface area contributed by atoms with Crippen molar-refractivity contribution in [3.05, 3.63) is 0 Å². The molecule has 15 heavy (non-hydrogen) atoms. The summed E-state index contributed by atoms with van der Waals surface area (Å²) >= 11 is 0. The maximum Gasteiger partial charge on any atom is 0.407 e. The van der Waals surface area contributed by atoms with Crippen LogP contribution in [0.5, 0.6) is 0 Å². The van der Waals surface area contributed by atoms with Gasteiger partial charge in [-0.05, 0) is 40.5 Å². The SMILES string of the molecule is C[C@H]1CC[C@@H](NC(=O)OC(C)(C)C)CO1. The molecule has 0 aromatic rings. The van der Waals surface area contributed by atoms with E-state index in [4.69, 9.17) is 9.47 Å². The van der Waals surface area contributed by atoms with Crippen molar-refractivity contribution >= 4 is 6.09 Å². The molecule has 1 aliphatic heterocycles. The molecule has 0 aliphatic carbocycles. The van der Waals surface area contributed by atoms with Crippen LogP contribution in [0.1, 0.15) is 40.5 Å². The van der Waals surface area contributed by atoms with Gasteiger partial charge in [0.05, 0.1) is 18.8 Å². The van der Waals surface area contributed by atoms with Gasteiger partial charge in [0.2, 0.25) is 0 Å². The summed E-state index contributed by atoms with van der Waals surface area (Å²) in [5.41, 5.74) is -0.438. The second-order valence-corrected chi connectivity index (χ2v) is 5.06. The Bertz CT molecular complexity index is 214. The number of amides is 1. The van der Waals surface area contributed by atoms with E-state index in [0.717, 1.165) is 12.8 Å². The summed E-state index contributed by atoms with van der Waals surface area (Å²) in [6.45, 7) is 8.19. The van der Waals surface area contributed by atoms with Crippen LogP contribution in [0, 0.1) is 0 Å². The van der Waals surface area contributed by atoms with Crippen LogP contribution in [0.15, 0.2) is 0 Å². The molecule has 1 rings (SSSR count). The minimum absolute atomic E-state index is 0.0936. The fourth-order valence-corrected chi connectivity index (χ4v) is 1.47. The van der Waals surface area contributed by atoms with E-state index < -0.39 is 5.60 Å². The van der Waals surface area contributed by atoms with Crippen LogP contribution < -0.4 is 5.32 Å². The molecule has 2 atom stereocenters. The molecule has 0 saturated carbocycles. The van der Waals surface area contributed by atoms with E-state index in [-0.39, 0.29) is 12.1 Å². The van der Waals surface area contributed by atoms with Gasteiger partial charge in [0.25, 0.3) is 0 Å². The van der Waals surface area contributed by atoms with E-state index in [1.165, 1.54) is 0 Å². The number of ether oxygens (including phenoxy) is 2. The summed E-state index contributed by atoms with van der Waals surface area (Å²) in [6, 6.07) is 0.0936. The number of carbonyl (C=O) groups is 1. The highest BCUT2D eigenvalue weighted by atomic mass is 16.6. The van der Waals surface area contributed by atoms with E-state index in [0.29, 0.717) is 12.7 Å². The second kappa shape index (κ2) is 4.84. The van der Waals surface area contributed by atoms with Gasteiger partial charge in [-0.1, -0.05) is 0 Å². The van der Waals surface area contributed by atoms with Gasteiger partial charge >= 0.3 is 6.09 Å². The summed E-state index contributed by atoms with van der Waals surface area (Å²) in [6.07, 6.45) is 1.90. The normalized spacial score (nSPS) is 27.2. The molecular formula is C11H21NO3. The van der Waals surface area contributed by atoms with E-state index in [1.54, 1.807) is 0 Å². The summed E-state index contributed by atoms with van der Waals surface area (Å²) in [5.74, 6) is 0. The van der Waals surface area contributed by atoms with E-state index in [9.17, 15) is 4.79 Å². The van der Waals surface area contributed by atoms with Gasteiger partial charge in [-0.3, -0.25) is 0 Å². The average Bonchev–Trinajstić information content (AvgIpc) is 2.05. The summed E-state index contributed by atoms with van der Waals surface area (Å²) in [5, 5.41) is 2.81. The molecule has 4 nitrogen and oxygen atoms in total. The van der Waals surface area contributed by atoms with Crippen molar-refractivity contribution in [3.63, 3.8) is 0 Å². The largest absolute Gasteiger partial charge is 0.444 e. The van der Waals surface area contributed by atoms with Gasteiger partial charge in [-0.2, -0.15) is 0 Å². The predicted octanol–water partition coefficient (Wildman–Crippen LogP) is 2.08. The number of nitrogens with one attached hydrogen (secondary N) is 1. The molecule has 0 aromatic carbocycles. The molecule has 0 unspecified atom stereocenters. The first-order chi connectivity index (χ1) is 6.87. The monoisotopic (exact) mass is 215 g/mol. The highest BCUT2D eigenvalue weighted by molar-refractivity contribution is 5.68. The van der Waals surface area contributed by atoms with Gasteiger partial charge in [0.1, 0.15) is 5.60 Å². The standard InChI is InChI=1S/C11H21NO3/c1-8-5-6-9(7-14-8)12-10(13)15-11(2,3)4/h8-9H,5-7H2,1-4H3,(H,12,13)/t8-,9+/m0/s1. The molecule has 1 N–H and O–H groups in total. The summed E-state index contributed by atoms with van der Waals surface area (Å²) < 4.78 is 10.6. The Kier molecular flexibility index (Phi) is 3.97. The van der Waals surface area contributed by atoms with E-state index in [2.05, 4.69) is 5.32 Å². The van der Waals surface area contributed by atoms with Crippen LogP contribution in [-0.4, -0.2) is 30.4 Å². The third-order valence-corrected chi connectivity index (χ3v) is 2.22. The molecule has 1 saturated heterocycles. The zero-order valence-electron chi connectivity index (χ0n) is 10.0. The zero-order chi connectivity index (χ0) is 11.5. The molecule has 1 aliphatic rings. The fraction of sp³-hybridized carbons (Fsp3) is 0.909. The van der Waals surface area contributed by atoms with Crippen LogP contribution >= 0.6 is 0 Å². The van der Waals surface area contributed by atoms with Crippen molar-refractivity contribution in [1.82, 2.24) is 5.32 Å². The molecule has 1 amide bonds. The van der Waals surface area contributed by atoms with Crippen LogP contribution in [0.3, 0.4) is 0 Å². The van der Waals surface area contributed by atoms with Gasteiger partial charge in [0.15, 0.2) is 0 Å². The molecule has 0 aromatic heterocycles. The molecule has 1 heterocycles. The average molecular weight is 215 g/mol. The summed E-state index contributed by atoms with van der Waals surface area (Å²) in [7, 11) is 0. The third kappa shape index (κ3) is 5.02. The Morgan fingerprint density at radius 1 is 1.40 bits per heavy atom. The van der Waals surface area contributed by atoms with E-state index >= 15 is 0 Å². The molecule has 4 heteroatoms. The first-order valence-corrected chi connectivity index (χ1v) is 5.48. The summed E-state index contributed by atoms with van der Waals surface area (Å²) in [4.78, 5) is 11.4. The Hall–Kier alpha value is -0.770.